The number of aliphatic hydroxyl groups is 1. The molecule has 1 N–H and O–H groups in total. The van der Waals surface area contributed by atoms with Crippen LogP contribution in [0, 0.1) is 25.7 Å². The summed E-state index contributed by atoms with van der Waals surface area (Å²) in [6.45, 7) is 11.8. The van der Waals surface area contributed by atoms with Crippen molar-refractivity contribution in [1.82, 2.24) is 4.90 Å². The van der Waals surface area contributed by atoms with E-state index in [1.165, 1.54) is 0 Å². The number of benzene rings is 2. The Balaban J connectivity index is 1.70. The van der Waals surface area contributed by atoms with Gasteiger partial charge in [0.15, 0.2) is 0 Å². The van der Waals surface area contributed by atoms with E-state index in [1.54, 1.807) is 34.6 Å². The maximum Gasteiger partial charge on any atom is 0.311 e. The molecule has 2 unspecified atom stereocenters. The lowest BCUT2D eigenvalue weighted by Gasteiger charge is -2.40. The highest BCUT2D eigenvalue weighted by Gasteiger charge is 2.78. The molecule has 40 heavy (non-hydrogen) atoms. The van der Waals surface area contributed by atoms with Crippen LogP contribution in [0.3, 0.4) is 0 Å². The molecular weight excluding hydrogens is 524 g/mol. The molecule has 0 aromatic heterocycles. The molecule has 3 fully saturated rings. The topological polar surface area (TPSA) is 87.2 Å². The van der Waals surface area contributed by atoms with Gasteiger partial charge in [0.05, 0.1) is 35.8 Å². The molecule has 3 aliphatic rings. The van der Waals surface area contributed by atoms with E-state index < -0.39 is 33.4 Å². The van der Waals surface area contributed by atoms with Crippen LogP contribution in [0.5, 0.6) is 0 Å². The number of esters is 1. The molecule has 212 valence electrons. The molecule has 0 radical (unpaired) electrons. The van der Waals surface area contributed by atoms with Crippen molar-refractivity contribution in [3.05, 3.63) is 77.9 Å². The van der Waals surface area contributed by atoms with Crippen LogP contribution in [-0.2, 0) is 19.1 Å². The van der Waals surface area contributed by atoms with E-state index in [0.717, 1.165) is 22.4 Å². The first-order valence-corrected chi connectivity index (χ1v) is 14.8. The van der Waals surface area contributed by atoms with Crippen molar-refractivity contribution in [3.8, 4) is 0 Å². The predicted octanol–water partition coefficient (Wildman–Crippen LogP) is 4.60. The summed E-state index contributed by atoms with van der Waals surface area (Å²) in [4.78, 5) is 46.3. The first-order chi connectivity index (χ1) is 19.1. The summed E-state index contributed by atoms with van der Waals surface area (Å²) < 4.78 is 4.17. The maximum atomic E-state index is 15.0. The highest BCUT2D eigenvalue weighted by Crippen LogP contribution is 2.72. The number of aliphatic hydroxyl groups excluding tert-OH is 1. The minimum Gasteiger partial charge on any atom is -0.466 e. The molecule has 7 nitrogen and oxygen atoms in total. The third-order valence-electron chi connectivity index (χ3n) is 8.97. The van der Waals surface area contributed by atoms with Gasteiger partial charge in [0, 0.05) is 17.0 Å². The van der Waals surface area contributed by atoms with Crippen LogP contribution in [0.15, 0.2) is 61.2 Å². The first kappa shape index (κ1) is 28.4. The summed E-state index contributed by atoms with van der Waals surface area (Å²) in [5.74, 6) is -2.25. The number of aryl methyl sites for hydroxylation is 2. The molecule has 6 atom stereocenters. The van der Waals surface area contributed by atoms with Gasteiger partial charge in [-0.25, -0.2) is 0 Å². The Bertz CT molecular complexity index is 1310. The molecule has 0 saturated carbocycles. The molecule has 2 amide bonds. The number of para-hydroxylation sites is 1. The lowest BCUT2D eigenvalue weighted by atomic mass is 9.66. The number of ether oxygens (including phenoxy) is 1. The minimum absolute atomic E-state index is 0.219. The van der Waals surface area contributed by atoms with E-state index >= 15 is 0 Å². The molecule has 3 aliphatic heterocycles. The molecule has 2 aromatic carbocycles. The van der Waals surface area contributed by atoms with Gasteiger partial charge >= 0.3 is 5.97 Å². The van der Waals surface area contributed by atoms with E-state index in [-0.39, 0.29) is 37.5 Å². The van der Waals surface area contributed by atoms with Crippen LogP contribution in [0.4, 0.5) is 5.69 Å². The molecule has 5 rings (SSSR count). The van der Waals surface area contributed by atoms with Gasteiger partial charge in [-0.1, -0.05) is 54.6 Å². The number of carbonyl (C=O) groups excluding carboxylic acids is 3. The molecule has 2 bridgehead atoms. The Kier molecular flexibility index (Phi) is 7.61. The molecule has 8 heteroatoms. The van der Waals surface area contributed by atoms with Crippen molar-refractivity contribution in [1.29, 1.82) is 0 Å². The Morgan fingerprint density at radius 1 is 1.18 bits per heavy atom. The average molecular weight is 563 g/mol. The van der Waals surface area contributed by atoms with E-state index in [1.807, 2.05) is 69.3 Å². The smallest absolute Gasteiger partial charge is 0.311 e. The number of rotatable bonds is 9. The summed E-state index contributed by atoms with van der Waals surface area (Å²) in [6, 6.07) is 13.6. The second kappa shape index (κ2) is 10.7. The molecule has 1 spiro atoms. The van der Waals surface area contributed by atoms with Crippen LogP contribution in [0.1, 0.15) is 49.4 Å². The zero-order chi connectivity index (χ0) is 28.8. The molecule has 3 heterocycles. The zero-order valence-corrected chi connectivity index (χ0v) is 24.4. The Labute approximate surface area is 240 Å². The molecular formula is C32H38N2O5S. The number of hydrogen-bond acceptors (Lipinski definition) is 6. The minimum atomic E-state index is -0.882. The summed E-state index contributed by atoms with van der Waals surface area (Å²) in [5, 5.41) is 10.7. The van der Waals surface area contributed by atoms with Gasteiger partial charge < -0.3 is 19.6 Å². The predicted molar refractivity (Wildman–Crippen MR) is 157 cm³/mol. The fourth-order valence-corrected chi connectivity index (χ4v) is 9.72. The van der Waals surface area contributed by atoms with Crippen molar-refractivity contribution in [2.45, 2.75) is 62.1 Å². The number of hydrogen-bond donors (Lipinski definition) is 1. The van der Waals surface area contributed by atoms with E-state index in [4.69, 9.17) is 4.74 Å². The summed E-state index contributed by atoms with van der Waals surface area (Å²) in [5.41, 5.74) is 3.43. The fourth-order valence-electron chi connectivity index (χ4n) is 7.40. The Morgan fingerprint density at radius 3 is 2.45 bits per heavy atom. The second-order valence-corrected chi connectivity index (χ2v) is 13.2. The lowest BCUT2D eigenvalue weighted by molar-refractivity contribution is -0.155. The van der Waals surface area contributed by atoms with Gasteiger partial charge in [-0.2, -0.15) is 0 Å². The summed E-state index contributed by atoms with van der Waals surface area (Å²) in [6.07, 6.45) is 3.01. The lowest BCUT2D eigenvalue weighted by Crippen LogP contribution is -2.56. The third-order valence-corrected chi connectivity index (χ3v) is 11.0. The van der Waals surface area contributed by atoms with E-state index in [9.17, 15) is 19.5 Å². The van der Waals surface area contributed by atoms with E-state index in [2.05, 4.69) is 6.58 Å². The quantitative estimate of drug-likeness (QED) is 0.355. The van der Waals surface area contributed by atoms with Crippen molar-refractivity contribution >= 4 is 35.2 Å². The number of amides is 2. The number of nitrogens with zero attached hydrogens (tertiary/aromatic N) is 2. The number of thioether (sulfide) groups is 1. The highest BCUT2D eigenvalue weighted by atomic mass is 32.2. The third kappa shape index (κ3) is 4.18. The Hall–Kier alpha value is -3.10. The van der Waals surface area contributed by atoms with Crippen molar-refractivity contribution < 1.29 is 24.2 Å². The maximum absolute atomic E-state index is 15.0. The van der Waals surface area contributed by atoms with Crippen LogP contribution in [0.2, 0.25) is 0 Å². The van der Waals surface area contributed by atoms with Crippen LogP contribution in [-0.4, -0.2) is 63.1 Å². The number of carbonyl (C=O) groups is 3. The summed E-state index contributed by atoms with van der Waals surface area (Å²) in [7, 11) is 0. The molecule has 3 saturated heterocycles. The normalized spacial score (nSPS) is 29.3. The summed E-state index contributed by atoms with van der Waals surface area (Å²) >= 11 is 1.60. The van der Waals surface area contributed by atoms with Gasteiger partial charge in [0.2, 0.25) is 5.91 Å². The Morgan fingerprint density at radius 2 is 1.85 bits per heavy atom. The van der Waals surface area contributed by atoms with Crippen LogP contribution >= 0.6 is 11.8 Å². The molecule has 2 aromatic rings. The van der Waals surface area contributed by atoms with Crippen molar-refractivity contribution in [3.63, 3.8) is 0 Å². The van der Waals surface area contributed by atoms with Crippen LogP contribution < -0.4 is 4.90 Å². The fraction of sp³-hybridized carbons (Fsp3) is 0.469. The van der Waals surface area contributed by atoms with Crippen LogP contribution in [0.25, 0.3) is 0 Å². The van der Waals surface area contributed by atoms with Gasteiger partial charge in [-0.05, 0) is 57.2 Å². The standard InChI is InChI=1S/C32H38N2O5S/c1-6-18-33(26-20(3)12-11-13-21(26)4)29(37)27-32-17-16-31(5,40-32)25(30(38)39-7-2)24(32)28(36)34(27)23(19-35)22-14-9-8-10-15-22/h6,8-15,23-25,27,35H,1,7,16-19H2,2-5H3/t23-,24+,25-,27?,31+,32?/m1/s1. The zero-order valence-electron chi connectivity index (χ0n) is 23.6. The SMILES string of the molecule is C=CCN(C(=O)C1N([C@H](CO)c2ccccc2)C(=O)[C@@H]2[C@H](C(=O)OCC)[C@]3(C)CCC12S3)c1c(C)cccc1C. The number of fused-ring (bicyclic) bond motifs is 1. The van der Waals surface area contributed by atoms with Crippen molar-refractivity contribution in [2.75, 3.05) is 24.7 Å². The monoisotopic (exact) mass is 562 g/mol. The van der Waals surface area contributed by atoms with Gasteiger partial charge in [0.1, 0.15) is 6.04 Å². The average Bonchev–Trinajstić information content (AvgIpc) is 3.50. The van der Waals surface area contributed by atoms with Gasteiger partial charge in [-0.3, -0.25) is 14.4 Å². The van der Waals surface area contributed by atoms with Crippen molar-refractivity contribution in [2.24, 2.45) is 11.8 Å². The van der Waals surface area contributed by atoms with Gasteiger partial charge in [-0.15, -0.1) is 18.3 Å². The second-order valence-electron chi connectivity index (χ2n) is 11.3. The largest absolute Gasteiger partial charge is 0.466 e. The molecule has 0 aliphatic carbocycles. The number of likely N-dealkylation sites (tertiary alicyclic amines) is 1. The first-order valence-electron chi connectivity index (χ1n) is 14.0. The number of anilines is 1. The van der Waals surface area contributed by atoms with E-state index in [0.29, 0.717) is 12.8 Å². The van der Waals surface area contributed by atoms with Gasteiger partial charge in [0.25, 0.3) is 5.91 Å². The highest BCUT2D eigenvalue weighted by molar-refractivity contribution is 8.02.